The fraction of sp³-hybridized carbons (Fsp3) is 0.176. The molecule has 1 aliphatic heterocycles. The molecule has 2 unspecified atom stereocenters. The van der Waals surface area contributed by atoms with Crippen molar-refractivity contribution >= 4 is 32.4 Å². The maximum absolute atomic E-state index is 13.6. The highest BCUT2D eigenvalue weighted by Gasteiger charge is 2.32. The second kappa shape index (κ2) is 6.58. The van der Waals surface area contributed by atoms with Crippen LogP contribution in [0.25, 0.3) is 0 Å². The van der Waals surface area contributed by atoms with E-state index in [2.05, 4.69) is 32.3 Å². The number of fused-ring (bicyclic) bond motifs is 1. The zero-order chi connectivity index (χ0) is 18.3. The Labute approximate surface area is 154 Å². The van der Waals surface area contributed by atoms with Crippen molar-refractivity contribution in [1.82, 2.24) is 4.98 Å². The summed E-state index contributed by atoms with van der Waals surface area (Å²) in [4.78, 5) is 14.5. The number of aromatic amines is 1. The third-order valence-corrected chi connectivity index (χ3v) is 5.54. The Hall–Kier alpha value is -2.24. The number of aromatic nitrogens is 1. The molecule has 0 radical (unpaired) electrons. The quantitative estimate of drug-likeness (QED) is 0.777. The summed E-state index contributed by atoms with van der Waals surface area (Å²) in [6.07, 6.45) is 1.46. The third-order valence-electron chi connectivity index (χ3n) is 4.04. The lowest BCUT2D eigenvalue weighted by molar-refractivity contribution is 0.619. The van der Waals surface area contributed by atoms with E-state index in [4.69, 9.17) is 0 Å². The fourth-order valence-electron chi connectivity index (χ4n) is 2.97. The van der Waals surface area contributed by atoms with Gasteiger partial charge in [0.25, 0.3) is 5.56 Å². The number of pyridine rings is 1. The maximum Gasteiger partial charge on any atom is 0.250 e. The summed E-state index contributed by atoms with van der Waals surface area (Å²) in [7, 11) is -1.47. The first-order chi connectivity index (χ1) is 11.8. The van der Waals surface area contributed by atoms with E-state index >= 15 is 0 Å². The third kappa shape index (κ3) is 3.05. The molecule has 0 amide bonds. The molecule has 128 valence electrons. The lowest BCUT2D eigenvalue weighted by atomic mass is 9.82. The van der Waals surface area contributed by atoms with Gasteiger partial charge in [-0.05, 0) is 40.5 Å². The number of nitrogens with one attached hydrogen (secondary N) is 2. The van der Waals surface area contributed by atoms with Gasteiger partial charge in [0.05, 0.1) is 38.5 Å². The van der Waals surface area contributed by atoms with Gasteiger partial charge in [0.1, 0.15) is 10.8 Å². The molecule has 8 heteroatoms. The van der Waals surface area contributed by atoms with Crippen molar-refractivity contribution < 1.29 is 8.60 Å². The number of halogens is 2. The van der Waals surface area contributed by atoms with Crippen molar-refractivity contribution in [1.29, 1.82) is 5.26 Å². The van der Waals surface area contributed by atoms with Crippen LogP contribution in [0.15, 0.2) is 49.8 Å². The Kier molecular flexibility index (Phi) is 4.62. The molecule has 5 nitrogen and oxygen atoms in total. The van der Waals surface area contributed by atoms with Gasteiger partial charge in [-0.2, -0.15) is 5.26 Å². The lowest BCUT2D eigenvalue weighted by Gasteiger charge is -2.29. The first-order valence-corrected chi connectivity index (χ1v) is 9.62. The highest BCUT2D eigenvalue weighted by atomic mass is 79.9. The lowest BCUT2D eigenvalue weighted by Crippen LogP contribution is -2.23. The van der Waals surface area contributed by atoms with Gasteiger partial charge < -0.3 is 10.3 Å². The number of hydrogen-bond acceptors (Lipinski definition) is 4. The predicted octanol–water partition coefficient (Wildman–Crippen LogP) is 3.37. The molecular weight excluding hydrogens is 409 g/mol. The molecule has 0 saturated heterocycles. The highest BCUT2D eigenvalue weighted by molar-refractivity contribution is 9.10. The molecule has 0 aliphatic carbocycles. The van der Waals surface area contributed by atoms with Gasteiger partial charge in [-0.3, -0.25) is 9.00 Å². The average Bonchev–Trinajstić information content (AvgIpc) is 2.55. The summed E-state index contributed by atoms with van der Waals surface area (Å²) in [5.74, 6) is -0.980. The van der Waals surface area contributed by atoms with Crippen LogP contribution in [0.4, 0.5) is 10.1 Å². The average molecular weight is 422 g/mol. The van der Waals surface area contributed by atoms with E-state index in [9.17, 15) is 18.7 Å². The molecular formula is C17H13BrFN3O2S. The van der Waals surface area contributed by atoms with E-state index in [0.29, 0.717) is 28.1 Å². The van der Waals surface area contributed by atoms with E-state index in [1.807, 2.05) is 0 Å². The number of benzene rings is 1. The minimum atomic E-state index is -1.47. The maximum atomic E-state index is 13.6. The predicted molar refractivity (Wildman–Crippen MR) is 97.3 cm³/mol. The zero-order valence-corrected chi connectivity index (χ0v) is 15.7. The summed E-state index contributed by atoms with van der Waals surface area (Å²) in [6.45, 7) is 1.73. The molecule has 0 bridgehead atoms. The van der Waals surface area contributed by atoms with Crippen LogP contribution in [0.3, 0.4) is 0 Å². The number of H-pyrrole nitrogens is 1. The van der Waals surface area contributed by atoms with Crippen LogP contribution in [0.1, 0.15) is 24.0 Å². The molecule has 1 aromatic heterocycles. The molecule has 0 saturated carbocycles. The van der Waals surface area contributed by atoms with E-state index < -0.39 is 22.5 Å². The number of nitrogens with zero attached hydrogens (tertiary/aromatic N) is 1. The molecule has 1 aliphatic rings. The normalized spacial score (nSPS) is 17.5. The number of rotatable bonds is 2. The van der Waals surface area contributed by atoms with Gasteiger partial charge in [-0.1, -0.05) is 6.07 Å². The standard InChI is InChI=1S/C17H13BrFN3O2S/c1-8-10(7-20)15(9-3-4-12(19)11(18)5-9)16-13(21-8)6-14(23)22-17(16)25(2)24/h3-6,15,21H,1-2H3,(H,22,23). The molecule has 3 rings (SSSR count). The molecule has 1 aromatic carbocycles. The van der Waals surface area contributed by atoms with Crippen LogP contribution >= 0.6 is 15.9 Å². The van der Waals surface area contributed by atoms with E-state index in [1.165, 1.54) is 18.4 Å². The molecule has 2 N–H and O–H groups in total. The number of anilines is 1. The van der Waals surface area contributed by atoms with Crippen molar-refractivity contribution in [2.24, 2.45) is 0 Å². The van der Waals surface area contributed by atoms with Crippen LogP contribution in [0.2, 0.25) is 0 Å². The topological polar surface area (TPSA) is 85.8 Å². The first kappa shape index (κ1) is 17.6. The van der Waals surface area contributed by atoms with E-state index in [0.717, 1.165) is 0 Å². The number of nitriles is 1. The number of hydrogen-bond donors (Lipinski definition) is 2. The molecule has 0 fully saturated rings. The Morgan fingerprint density at radius 2 is 2.08 bits per heavy atom. The Morgan fingerprint density at radius 1 is 1.36 bits per heavy atom. The minimum Gasteiger partial charge on any atom is -0.358 e. The Bertz CT molecular complexity index is 1040. The zero-order valence-electron chi connectivity index (χ0n) is 13.3. The van der Waals surface area contributed by atoms with Crippen molar-refractivity contribution in [2.75, 3.05) is 11.6 Å². The first-order valence-electron chi connectivity index (χ1n) is 7.27. The van der Waals surface area contributed by atoms with Crippen molar-refractivity contribution in [2.45, 2.75) is 17.9 Å². The van der Waals surface area contributed by atoms with Crippen molar-refractivity contribution in [3.05, 3.63) is 67.3 Å². The molecule has 2 atom stereocenters. The number of allylic oxidation sites excluding steroid dienone is 2. The summed E-state index contributed by atoms with van der Waals surface area (Å²) in [6, 6.07) is 8.02. The molecule has 2 heterocycles. The Balaban J connectivity index is 2.37. The Morgan fingerprint density at radius 3 is 2.68 bits per heavy atom. The van der Waals surface area contributed by atoms with Crippen molar-refractivity contribution in [3.63, 3.8) is 0 Å². The van der Waals surface area contributed by atoms with Gasteiger partial charge >= 0.3 is 0 Å². The van der Waals surface area contributed by atoms with Crippen LogP contribution in [0.5, 0.6) is 0 Å². The summed E-state index contributed by atoms with van der Waals surface area (Å²) < 4.78 is 26.1. The van der Waals surface area contributed by atoms with E-state index in [-0.39, 0.29) is 15.1 Å². The SMILES string of the molecule is CC1=C(C#N)C(c2ccc(F)c(Br)c2)c2c(cc(=O)[nH]c2S(C)=O)N1. The monoisotopic (exact) mass is 421 g/mol. The molecule has 25 heavy (non-hydrogen) atoms. The van der Waals surface area contributed by atoms with Crippen LogP contribution in [-0.4, -0.2) is 15.4 Å². The summed E-state index contributed by atoms with van der Waals surface area (Å²) in [5.41, 5.74) is 2.34. The second-order valence-corrected chi connectivity index (χ2v) is 7.80. The van der Waals surface area contributed by atoms with E-state index in [1.54, 1.807) is 19.1 Å². The largest absolute Gasteiger partial charge is 0.358 e. The van der Waals surface area contributed by atoms with Crippen molar-refractivity contribution in [3.8, 4) is 6.07 Å². The highest BCUT2D eigenvalue weighted by Crippen LogP contribution is 2.43. The smallest absolute Gasteiger partial charge is 0.250 e. The molecule has 2 aromatic rings. The van der Waals surface area contributed by atoms with Gasteiger partial charge in [0.2, 0.25) is 0 Å². The summed E-state index contributed by atoms with van der Waals surface area (Å²) >= 11 is 3.16. The van der Waals surface area contributed by atoms with Gasteiger partial charge in [-0.15, -0.1) is 0 Å². The van der Waals surface area contributed by atoms with Gasteiger partial charge in [-0.25, -0.2) is 4.39 Å². The van der Waals surface area contributed by atoms with Crippen LogP contribution in [-0.2, 0) is 10.8 Å². The van der Waals surface area contributed by atoms with Crippen LogP contribution < -0.4 is 10.9 Å². The fourth-order valence-corrected chi connectivity index (χ4v) is 4.15. The van der Waals surface area contributed by atoms with Crippen LogP contribution in [0, 0.1) is 17.1 Å². The second-order valence-electron chi connectivity index (χ2n) is 5.63. The van der Waals surface area contributed by atoms with Gasteiger partial charge in [0, 0.05) is 23.6 Å². The minimum absolute atomic E-state index is 0.251. The molecule has 0 spiro atoms. The van der Waals surface area contributed by atoms with Gasteiger partial charge in [0.15, 0.2) is 0 Å². The summed E-state index contributed by atoms with van der Waals surface area (Å²) in [5, 5.41) is 12.9.